The summed E-state index contributed by atoms with van der Waals surface area (Å²) >= 11 is 3.20. The third-order valence-electron chi connectivity index (χ3n) is 2.77. The number of nitrogens with zero attached hydrogens (tertiary/aromatic N) is 2. The van der Waals surface area contributed by atoms with Crippen LogP contribution in [0.2, 0.25) is 0 Å². The minimum atomic E-state index is -0.327. The van der Waals surface area contributed by atoms with Crippen LogP contribution in [0.4, 0.5) is 4.39 Å². The summed E-state index contributed by atoms with van der Waals surface area (Å²) in [7, 11) is 0. The van der Waals surface area contributed by atoms with Gasteiger partial charge in [0.1, 0.15) is 11.5 Å². The number of benzene rings is 1. The molecular weight excluding hydrogens is 327 g/mol. The van der Waals surface area contributed by atoms with Crippen LogP contribution in [0, 0.1) is 5.82 Å². The van der Waals surface area contributed by atoms with Crippen LogP contribution < -0.4 is 0 Å². The van der Waals surface area contributed by atoms with Crippen LogP contribution >= 0.6 is 15.9 Å². The average molecular weight is 335 g/mol. The van der Waals surface area contributed by atoms with Crippen molar-refractivity contribution in [2.75, 3.05) is 0 Å². The van der Waals surface area contributed by atoms with E-state index in [1.54, 1.807) is 30.5 Å². The van der Waals surface area contributed by atoms with Crippen molar-refractivity contribution in [3.8, 4) is 17.1 Å². The standard InChI is InChI=1S/C14H8BrFN2O2/c15-13-6-5-12(20-13)14-9(8-19)7-18(17-14)11-3-1-10(16)2-4-11/h1-8H. The summed E-state index contributed by atoms with van der Waals surface area (Å²) < 4.78 is 20.4. The molecule has 0 unspecified atom stereocenters. The van der Waals surface area contributed by atoms with E-state index < -0.39 is 0 Å². The van der Waals surface area contributed by atoms with Crippen LogP contribution in [-0.2, 0) is 0 Å². The summed E-state index contributed by atoms with van der Waals surface area (Å²) in [4.78, 5) is 11.1. The Kier molecular flexibility index (Phi) is 3.23. The van der Waals surface area contributed by atoms with Crippen molar-refractivity contribution in [1.29, 1.82) is 0 Å². The zero-order valence-electron chi connectivity index (χ0n) is 10.1. The molecule has 3 rings (SSSR count). The lowest BCUT2D eigenvalue weighted by Gasteiger charge is -1.99. The summed E-state index contributed by atoms with van der Waals surface area (Å²) in [5, 5.41) is 4.31. The molecule has 1 aromatic carbocycles. The second kappa shape index (κ2) is 5.05. The largest absolute Gasteiger partial charge is 0.448 e. The van der Waals surface area contributed by atoms with E-state index in [4.69, 9.17) is 4.42 Å². The molecule has 0 saturated heterocycles. The second-order valence-electron chi connectivity index (χ2n) is 4.08. The van der Waals surface area contributed by atoms with E-state index in [-0.39, 0.29) is 5.82 Å². The molecule has 0 aliphatic rings. The summed E-state index contributed by atoms with van der Waals surface area (Å²) in [6.07, 6.45) is 2.28. The average Bonchev–Trinajstić information content (AvgIpc) is 3.05. The van der Waals surface area contributed by atoms with Crippen LogP contribution in [0.5, 0.6) is 0 Å². The number of hydrogen-bond acceptors (Lipinski definition) is 3. The van der Waals surface area contributed by atoms with Crippen LogP contribution in [0.3, 0.4) is 0 Å². The van der Waals surface area contributed by atoms with Crippen molar-refractivity contribution in [3.63, 3.8) is 0 Å². The quantitative estimate of drug-likeness (QED) is 0.683. The van der Waals surface area contributed by atoms with Gasteiger partial charge >= 0.3 is 0 Å². The summed E-state index contributed by atoms with van der Waals surface area (Å²) in [5.74, 6) is 0.159. The first-order valence-corrected chi connectivity index (χ1v) is 6.53. The maximum absolute atomic E-state index is 12.9. The molecule has 0 spiro atoms. The molecule has 0 amide bonds. The SMILES string of the molecule is O=Cc1cn(-c2ccc(F)cc2)nc1-c1ccc(Br)o1. The first-order chi connectivity index (χ1) is 9.67. The molecule has 6 heteroatoms. The van der Waals surface area contributed by atoms with E-state index in [0.717, 1.165) is 0 Å². The minimum Gasteiger partial charge on any atom is -0.448 e. The number of aldehydes is 1. The Morgan fingerprint density at radius 1 is 1.20 bits per heavy atom. The third-order valence-corrected chi connectivity index (χ3v) is 3.19. The molecule has 0 radical (unpaired) electrons. The highest BCUT2D eigenvalue weighted by molar-refractivity contribution is 9.10. The Labute approximate surface area is 122 Å². The Hall–Kier alpha value is -2.21. The Bertz CT molecular complexity index is 762. The van der Waals surface area contributed by atoms with E-state index in [1.807, 2.05) is 0 Å². The van der Waals surface area contributed by atoms with Gasteiger partial charge in [0.25, 0.3) is 0 Å². The molecule has 3 aromatic rings. The highest BCUT2D eigenvalue weighted by Crippen LogP contribution is 2.26. The van der Waals surface area contributed by atoms with Crippen molar-refractivity contribution >= 4 is 22.2 Å². The number of carbonyl (C=O) groups excluding carboxylic acids is 1. The van der Waals surface area contributed by atoms with Gasteiger partial charge in [-0.3, -0.25) is 4.79 Å². The minimum absolute atomic E-state index is 0.327. The number of rotatable bonds is 3. The predicted octanol–water partition coefficient (Wildman–Crippen LogP) is 3.85. The molecule has 0 N–H and O–H groups in total. The number of carbonyl (C=O) groups is 1. The van der Waals surface area contributed by atoms with Gasteiger partial charge in [-0.25, -0.2) is 9.07 Å². The summed E-state index contributed by atoms with van der Waals surface area (Å²) in [5.41, 5.74) is 1.50. The maximum atomic E-state index is 12.9. The Morgan fingerprint density at radius 2 is 1.95 bits per heavy atom. The fourth-order valence-electron chi connectivity index (χ4n) is 1.83. The number of halogens is 2. The smallest absolute Gasteiger partial charge is 0.169 e. The van der Waals surface area contributed by atoms with E-state index in [1.165, 1.54) is 16.8 Å². The monoisotopic (exact) mass is 334 g/mol. The summed E-state index contributed by atoms with van der Waals surface area (Å²) in [6.45, 7) is 0. The van der Waals surface area contributed by atoms with Gasteiger partial charge in [0, 0.05) is 6.20 Å². The van der Waals surface area contributed by atoms with Crippen molar-refractivity contribution < 1.29 is 13.6 Å². The highest BCUT2D eigenvalue weighted by atomic mass is 79.9. The maximum Gasteiger partial charge on any atom is 0.169 e. The number of hydrogen-bond donors (Lipinski definition) is 0. The molecule has 2 aromatic heterocycles. The van der Waals surface area contributed by atoms with Gasteiger partial charge in [0.2, 0.25) is 0 Å². The molecule has 0 saturated carbocycles. The first-order valence-electron chi connectivity index (χ1n) is 5.74. The van der Waals surface area contributed by atoms with Gasteiger partial charge in [-0.1, -0.05) is 0 Å². The van der Waals surface area contributed by atoms with Crippen LogP contribution in [-0.4, -0.2) is 16.1 Å². The lowest BCUT2D eigenvalue weighted by atomic mass is 10.2. The summed E-state index contributed by atoms with van der Waals surface area (Å²) in [6, 6.07) is 9.27. The normalized spacial score (nSPS) is 10.7. The molecule has 0 fully saturated rings. The van der Waals surface area contributed by atoms with Gasteiger partial charge in [-0.05, 0) is 52.3 Å². The molecule has 20 heavy (non-hydrogen) atoms. The molecular formula is C14H8BrFN2O2. The third kappa shape index (κ3) is 2.30. The fourth-order valence-corrected chi connectivity index (χ4v) is 2.14. The Balaban J connectivity index is 2.09. The van der Waals surface area contributed by atoms with Crippen LogP contribution in [0.25, 0.3) is 17.1 Å². The lowest BCUT2D eigenvalue weighted by Crippen LogP contribution is -1.94. The number of furan rings is 1. The molecule has 100 valence electrons. The van der Waals surface area contributed by atoms with Gasteiger partial charge < -0.3 is 4.42 Å². The zero-order chi connectivity index (χ0) is 14.1. The van der Waals surface area contributed by atoms with Crippen molar-refractivity contribution in [1.82, 2.24) is 9.78 Å². The molecule has 4 nitrogen and oxygen atoms in total. The van der Waals surface area contributed by atoms with Crippen molar-refractivity contribution in [3.05, 3.63) is 58.6 Å². The topological polar surface area (TPSA) is 48.0 Å². The van der Waals surface area contributed by atoms with E-state index >= 15 is 0 Å². The van der Waals surface area contributed by atoms with Gasteiger partial charge in [0.05, 0.1) is 11.3 Å². The molecule has 0 aliphatic heterocycles. The molecule has 0 atom stereocenters. The predicted molar refractivity (Wildman–Crippen MR) is 74.3 cm³/mol. The van der Waals surface area contributed by atoms with Crippen LogP contribution in [0.15, 0.2) is 51.7 Å². The lowest BCUT2D eigenvalue weighted by molar-refractivity contribution is 0.112. The second-order valence-corrected chi connectivity index (χ2v) is 4.86. The van der Waals surface area contributed by atoms with Gasteiger partial charge in [-0.2, -0.15) is 5.10 Å². The van der Waals surface area contributed by atoms with Crippen molar-refractivity contribution in [2.24, 2.45) is 0 Å². The highest BCUT2D eigenvalue weighted by Gasteiger charge is 2.14. The molecule has 2 heterocycles. The van der Waals surface area contributed by atoms with Gasteiger partial charge in [-0.15, -0.1) is 0 Å². The van der Waals surface area contributed by atoms with Crippen molar-refractivity contribution in [2.45, 2.75) is 0 Å². The Morgan fingerprint density at radius 3 is 2.55 bits per heavy atom. The fraction of sp³-hybridized carbons (Fsp3) is 0. The zero-order valence-corrected chi connectivity index (χ0v) is 11.7. The van der Waals surface area contributed by atoms with E-state index in [0.29, 0.717) is 33.7 Å². The number of aromatic nitrogens is 2. The van der Waals surface area contributed by atoms with Gasteiger partial charge in [0.15, 0.2) is 16.7 Å². The van der Waals surface area contributed by atoms with Crippen LogP contribution in [0.1, 0.15) is 10.4 Å². The first kappa shape index (κ1) is 12.8. The van der Waals surface area contributed by atoms with E-state index in [9.17, 15) is 9.18 Å². The molecule has 0 bridgehead atoms. The van der Waals surface area contributed by atoms with E-state index in [2.05, 4.69) is 21.0 Å². The molecule has 0 aliphatic carbocycles.